The van der Waals surface area contributed by atoms with Crippen LogP contribution in [0.4, 0.5) is 0 Å². The molecule has 2 aromatic heterocycles. The van der Waals surface area contributed by atoms with Gasteiger partial charge in [-0.05, 0) is 33.6 Å². The zero-order chi connectivity index (χ0) is 23.0. The molecule has 176 valence electrons. The lowest BCUT2D eigenvalue weighted by atomic mass is 9.97. The van der Waals surface area contributed by atoms with Crippen molar-refractivity contribution in [2.45, 2.75) is 64.5 Å². The number of sulfonamides is 1. The molecule has 1 fully saturated rings. The van der Waals surface area contributed by atoms with Gasteiger partial charge in [0.2, 0.25) is 10.0 Å². The molecule has 0 saturated carbocycles. The van der Waals surface area contributed by atoms with E-state index in [1.807, 2.05) is 0 Å². The largest absolute Gasteiger partial charge is 0.380 e. The molecule has 2 aliphatic heterocycles. The number of piperidine rings is 1. The third kappa shape index (κ3) is 4.06. The van der Waals surface area contributed by atoms with E-state index in [4.69, 9.17) is 9.26 Å². The van der Waals surface area contributed by atoms with Crippen LogP contribution in [0.25, 0.3) is 0 Å². The highest BCUT2D eigenvalue weighted by molar-refractivity contribution is 7.89. The van der Waals surface area contributed by atoms with E-state index in [1.165, 1.54) is 0 Å². The van der Waals surface area contributed by atoms with Gasteiger partial charge >= 0.3 is 0 Å². The van der Waals surface area contributed by atoms with Crippen molar-refractivity contribution in [1.82, 2.24) is 29.1 Å². The number of carbonyl (C=O) groups excluding carboxylic acids is 1. The van der Waals surface area contributed by atoms with E-state index in [1.54, 1.807) is 37.1 Å². The van der Waals surface area contributed by atoms with Crippen molar-refractivity contribution < 1.29 is 22.5 Å². The van der Waals surface area contributed by atoms with Crippen molar-refractivity contribution in [2.24, 2.45) is 0 Å². The van der Waals surface area contributed by atoms with Crippen LogP contribution >= 0.6 is 0 Å². The predicted molar refractivity (Wildman–Crippen MR) is 114 cm³/mol. The minimum absolute atomic E-state index is 0.156. The van der Waals surface area contributed by atoms with E-state index in [0.717, 1.165) is 11.6 Å². The van der Waals surface area contributed by atoms with Crippen molar-refractivity contribution in [1.29, 1.82) is 0 Å². The molecule has 4 rings (SSSR count). The zero-order valence-corrected chi connectivity index (χ0v) is 19.8. The Balaban J connectivity index is 1.45. The van der Waals surface area contributed by atoms with Gasteiger partial charge in [0.1, 0.15) is 11.6 Å². The number of rotatable bonds is 6. The lowest BCUT2D eigenvalue weighted by Crippen LogP contribution is -2.42. The van der Waals surface area contributed by atoms with Gasteiger partial charge in [-0.2, -0.15) is 0 Å². The maximum Gasteiger partial charge on any atom is 0.276 e. The van der Waals surface area contributed by atoms with Crippen LogP contribution in [0.1, 0.15) is 66.1 Å². The van der Waals surface area contributed by atoms with Gasteiger partial charge in [-0.15, -0.1) is 10.2 Å². The van der Waals surface area contributed by atoms with E-state index in [2.05, 4.69) is 19.9 Å². The average Bonchev–Trinajstić information content (AvgIpc) is 3.37. The number of methoxy groups -OCH3 is 1. The van der Waals surface area contributed by atoms with Crippen LogP contribution in [0, 0.1) is 6.92 Å². The summed E-state index contributed by atoms with van der Waals surface area (Å²) in [6, 6.07) is 0. The van der Waals surface area contributed by atoms with E-state index >= 15 is 0 Å². The normalized spacial score (nSPS) is 18.3. The van der Waals surface area contributed by atoms with E-state index in [-0.39, 0.29) is 24.1 Å². The second-order valence-electron chi connectivity index (χ2n) is 8.62. The first-order valence-electron chi connectivity index (χ1n) is 10.9. The molecule has 11 nitrogen and oxygen atoms in total. The molecule has 0 N–H and O–H groups in total. The first-order valence-corrected chi connectivity index (χ1v) is 12.4. The predicted octanol–water partition coefficient (Wildman–Crippen LogP) is 1.29. The maximum absolute atomic E-state index is 13.0. The molecule has 0 aromatic carbocycles. The third-order valence-electron chi connectivity index (χ3n) is 6.32. The molecule has 12 heteroatoms. The van der Waals surface area contributed by atoms with Gasteiger partial charge in [-0.3, -0.25) is 4.79 Å². The molecule has 2 aliphatic rings. The highest BCUT2D eigenvalue weighted by Crippen LogP contribution is 2.30. The van der Waals surface area contributed by atoms with Crippen molar-refractivity contribution in [3.8, 4) is 0 Å². The second-order valence-corrected chi connectivity index (χ2v) is 11.1. The molecule has 1 saturated heterocycles. The quantitative estimate of drug-likeness (QED) is 0.624. The first kappa shape index (κ1) is 22.9. The summed E-state index contributed by atoms with van der Waals surface area (Å²) in [5.41, 5.74) is 0.935. The van der Waals surface area contributed by atoms with Crippen LogP contribution in [-0.4, -0.2) is 75.4 Å². The standard InChI is InChI=1S/C20H30N6O5S/c1-13(2)32(28,29)25-7-5-15(6-8-25)19-22-21-17-11-24(9-10-26(17)19)20(27)18-16(12-30-4)14(3)31-23-18/h13,15H,5-12H2,1-4H3. The summed E-state index contributed by atoms with van der Waals surface area (Å²) in [4.78, 5) is 14.7. The lowest BCUT2D eigenvalue weighted by molar-refractivity contribution is 0.0691. The van der Waals surface area contributed by atoms with Crippen LogP contribution in [-0.2, 0) is 34.5 Å². The second kappa shape index (κ2) is 8.91. The minimum Gasteiger partial charge on any atom is -0.380 e. The van der Waals surface area contributed by atoms with Gasteiger partial charge in [0.25, 0.3) is 5.91 Å². The number of aromatic nitrogens is 4. The number of fused-ring (bicyclic) bond motifs is 1. The molecule has 0 spiro atoms. The average molecular weight is 467 g/mol. The molecule has 2 aromatic rings. The molecule has 0 unspecified atom stereocenters. The maximum atomic E-state index is 13.0. The number of aryl methyl sites for hydroxylation is 1. The Kier molecular flexibility index (Phi) is 6.37. The molecule has 4 heterocycles. The number of hydrogen-bond donors (Lipinski definition) is 0. The van der Waals surface area contributed by atoms with Crippen LogP contribution in [0.5, 0.6) is 0 Å². The molecule has 0 bridgehead atoms. The summed E-state index contributed by atoms with van der Waals surface area (Å²) in [6.07, 6.45) is 1.43. The Morgan fingerprint density at radius 3 is 2.56 bits per heavy atom. The van der Waals surface area contributed by atoms with E-state index in [0.29, 0.717) is 56.9 Å². The third-order valence-corrected chi connectivity index (χ3v) is 8.60. The lowest BCUT2D eigenvalue weighted by Gasteiger charge is -2.33. The first-order chi connectivity index (χ1) is 15.2. The SMILES string of the molecule is COCc1c(C(=O)N2CCn3c(nnc3C3CCN(S(=O)(=O)C(C)C)CC3)C2)noc1C. The fourth-order valence-electron chi connectivity index (χ4n) is 4.35. The highest BCUT2D eigenvalue weighted by atomic mass is 32.2. The van der Waals surface area contributed by atoms with Crippen molar-refractivity contribution in [3.63, 3.8) is 0 Å². The van der Waals surface area contributed by atoms with Gasteiger partial charge < -0.3 is 18.7 Å². The van der Waals surface area contributed by atoms with Crippen molar-refractivity contribution in [3.05, 3.63) is 28.7 Å². The molecule has 1 amide bonds. The van der Waals surface area contributed by atoms with Crippen molar-refractivity contribution >= 4 is 15.9 Å². The highest BCUT2D eigenvalue weighted by Gasteiger charge is 2.35. The summed E-state index contributed by atoms with van der Waals surface area (Å²) in [5.74, 6) is 2.13. The Morgan fingerprint density at radius 1 is 1.19 bits per heavy atom. The zero-order valence-electron chi connectivity index (χ0n) is 18.9. The summed E-state index contributed by atoms with van der Waals surface area (Å²) in [7, 11) is -1.67. The molecule has 0 radical (unpaired) electrons. The monoisotopic (exact) mass is 466 g/mol. The number of ether oxygens (including phenoxy) is 1. The smallest absolute Gasteiger partial charge is 0.276 e. The summed E-state index contributed by atoms with van der Waals surface area (Å²) in [6.45, 7) is 7.86. The van der Waals surface area contributed by atoms with Crippen LogP contribution in [0.15, 0.2) is 4.52 Å². The topological polar surface area (TPSA) is 124 Å². The van der Waals surface area contributed by atoms with Crippen LogP contribution in [0.3, 0.4) is 0 Å². The van der Waals surface area contributed by atoms with E-state index < -0.39 is 15.3 Å². The van der Waals surface area contributed by atoms with Crippen LogP contribution < -0.4 is 0 Å². The molecular formula is C20H30N6O5S. The van der Waals surface area contributed by atoms with Gasteiger partial charge in [-0.1, -0.05) is 5.16 Å². The Bertz CT molecular complexity index is 1080. The minimum atomic E-state index is -3.23. The van der Waals surface area contributed by atoms with Crippen LogP contribution in [0.2, 0.25) is 0 Å². The fraction of sp³-hybridized carbons (Fsp3) is 0.700. The summed E-state index contributed by atoms with van der Waals surface area (Å²) >= 11 is 0. The Labute approximate surface area is 187 Å². The van der Waals surface area contributed by atoms with Gasteiger partial charge in [0, 0.05) is 39.2 Å². The molecule has 32 heavy (non-hydrogen) atoms. The fourth-order valence-corrected chi connectivity index (χ4v) is 5.66. The Hall–Kier alpha value is -2.31. The summed E-state index contributed by atoms with van der Waals surface area (Å²) < 4.78 is 38.9. The molecular weight excluding hydrogens is 436 g/mol. The Morgan fingerprint density at radius 2 is 1.91 bits per heavy atom. The molecule has 0 atom stereocenters. The number of amides is 1. The number of nitrogens with zero attached hydrogens (tertiary/aromatic N) is 6. The molecule has 0 aliphatic carbocycles. The van der Waals surface area contributed by atoms with Crippen molar-refractivity contribution in [2.75, 3.05) is 26.7 Å². The summed E-state index contributed by atoms with van der Waals surface area (Å²) in [5, 5.41) is 12.3. The van der Waals surface area contributed by atoms with Gasteiger partial charge in [0.05, 0.1) is 24.0 Å². The van der Waals surface area contributed by atoms with Gasteiger partial charge in [0.15, 0.2) is 11.5 Å². The van der Waals surface area contributed by atoms with E-state index in [9.17, 15) is 13.2 Å². The number of carbonyl (C=O) groups is 1. The number of hydrogen-bond acceptors (Lipinski definition) is 8. The van der Waals surface area contributed by atoms with Gasteiger partial charge in [-0.25, -0.2) is 12.7 Å².